The van der Waals surface area contributed by atoms with Crippen LogP contribution in [0.2, 0.25) is 0 Å². The van der Waals surface area contributed by atoms with Crippen LogP contribution in [-0.2, 0) is 9.84 Å². The van der Waals surface area contributed by atoms with E-state index in [9.17, 15) is 12.8 Å². The molecule has 1 fully saturated rings. The second-order valence-corrected chi connectivity index (χ2v) is 7.78. The Hall–Kier alpha value is -0.660. The largest absolute Gasteiger partial charge is 0.496 e. The minimum atomic E-state index is -2.99. The van der Waals surface area contributed by atoms with Crippen molar-refractivity contribution < 1.29 is 17.5 Å². The average Bonchev–Trinajstić information content (AvgIpc) is 2.71. The molecule has 1 aromatic rings. The summed E-state index contributed by atoms with van der Waals surface area (Å²) in [6.07, 6.45) is 0.529. The van der Waals surface area contributed by atoms with Gasteiger partial charge in [-0.25, -0.2) is 12.8 Å². The summed E-state index contributed by atoms with van der Waals surface area (Å²) < 4.78 is 41.9. The summed E-state index contributed by atoms with van der Waals surface area (Å²) >= 11 is 3.10. The molecule has 0 aromatic heterocycles. The van der Waals surface area contributed by atoms with E-state index in [1.165, 1.54) is 13.2 Å². The Labute approximate surface area is 120 Å². The van der Waals surface area contributed by atoms with Gasteiger partial charge in [-0.3, -0.25) is 0 Å². The molecule has 2 rings (SSSR count). The van der Waals surface area contributed by atoms with E-state index in [1.807, 2.05) is 0 Å². The van der Waals surface area contributed by atoms with E-state index in [0.717, 1.165) is 0 Å². The maximum atomic E-state index is 13.4. The van der Waals surface area contributed by atoms with Gasteiger partial charge >= 0.3 is 0 Å². The van der Waals surface area contributed by atoms with Crippen molar-refractivity contribution in [1.29, 1.82) is 0 Å². The van der Waals surface area contributed by atoms with Crippen molar-refractivity contribution in [3.05, 3.63) is 28.0 Å². The fourth-order valence-corrected chi connectivity index (χ4v) is 4.56. The lowest BCUT2D eigenvalue weighted by Crippen LogP contribution is -2.23. The van der Waals surface area contributed by atoms with E-state index >= 15 is 0 Å². The molecule has 0 radical (unpaired) electrons. The lowest BCUT2D eigenvalue weighted by atomic mass is 9.93. The Bertz CT molecular complexity index is 591. The highest BCUT2D eigenvalue weighted by Gasteiger charge is 2.34. The van der Waals surface area contributed by atoms with Crippen molar-refractivity contribution in [2.24, 2.45) is 11.7 Å². The van der Waals surface area contributed by atoms with Crippen LogP contribution in [0, 0.1) is 11.7 Å². The molecule has 7 heteroatoms. The van der Waals surface area contributed by atoms with Gasteiger partial charge in [0.05, 0.1) is 23.1 Å². The van der Waals surface area contributed by atoms with Gasteiger partial charge in [0.15, 0.2) is 9.84 Å². The molecule has 0 aliphatic carbocycles. The molecule has 2 atom stereocenters. The molecule has 0 amide bonds. The summed E-state index contributed by atoms with van der Waals surface area (Å²) in [4.78, 5) is 0. The highest BCUT2D eigenvalue weighted by Crippen LogP contribution is 2.36. The van der Waals surface area contributed by atoms with Gasteiger partial charge in [-0.15, -0.1) is 0 Å². The Balaban J connectivity index is 2.33. The van der Waals surface area contributed by atoms with E-state index < -0.39 is 21.7 Å². The number of nitrogens with two attached hydrogens (primary N) is 1. The number of ether oxygens (including phenoxy) is 1. The first-order valence-corrected chi connectivity index (χ1v) is 8.44. The number of halogens is 2. The summed E-state index contributed by atoms with van der Waals surface area (Å²) in [5.74, 6) is -0.0110. The van der Waals surface area contributed by atoms with Crippen molar-refractivity contribution >= 4 is 25.8 Å². The van der Waals surface area contributed by atoms with Gasteiger partial charge in [0.1, 0.15) is 11.6 Å². The molecule has 1 saturated heterocycles. The molecule has 4 nitrogen and oxygen atoms in total. The minimum absolute atomic E-state index is 0.0757. The fourth-order valence-electron chi connectivity index (χ4n) is 2.34. The lowest BCUT2D eigenvalue weighted by Gasteiger charge is -2.21. The van der Waals surface area contributed by atoms with Gasteiger partial charge < -0.3 is 10.5 Å². The highest BCUT2D eigenvalue weighted by atomic mass is 79.9. The molecule has 1 aliphatic rings. The average molecular weight is 352 g/mol. The molecule has 1 aromatic carbocycles. The molecule has 1 aliphatic heterocycles. The zero-order valence-corrected chi connectivity index (χ0v) is 12.8. The van der Waals surface area contributed by atoms with Crippen LogP contribution < -0.4 is 10.5 Å². The molecular formula is C12H15BrFNO3S. The van der Waals surface area contributed by atoms with Crippen molar-refractivity contribution in [2.45, 2.75) is 12.5 Å². The SMILES string of the molecule is COc1cc(F)c(Br)cc1C(N)C1CCS(=O)(=O)C1. The molecule has 0 bridgehead atoms. The van der Waals surface area contributed by atoms with Crippen LogP contribution in [0.3, 0.4) is 0 Å². The van der Waals surface area contributed by atoms with E-state index in [4.69, 9.17) is 10.5 Å². The van der Waals surface area contributed by atoms with Gasteiger partial charge in [0.25, 0.3) is 0 Å². The monoisotopic (exact) mass is 351 g/mol. The molecular weight excluding hydrogens is 337 g/mol. The van der Waals surface area contributed by atoms with E-state index in [0.29, 0.717) is 22.2 Å². The Morgan fingerprint density at radius 1 is 1.53 bits per heavy atom. The third-order valence-corrected chi connectivity index (χ3v) is 5.81. The quantitative estimate of drug-likeness (QED) is 0.904. The summed E-state index contributed by atoms with van der Waals surface area (Å²) in [7, 11) is -1.56. The number of benzene rings is 1. The van der Waals surface area contributed by atoms with Crippen molar-refractivity contribution in [2.75, 3.05) is 18.6 Å². The summed E-state index contributed by atoms with van der Waals surface area (Å²) in [5, 5.41) is 0. The number of sulfone groups is 1. The highest BCUT2D eigenvalue weighted by molar-refractivity contribution is 9.10. The van der Waals surface area contributed by atoms with Gasteiger partial charge in [0.2, 0.25) is 0 Å². The van der Waals surface area contributed by atoms with Crippen molar-refractivity contribution in [3.8, 4) is 5.75 Å². The summed E-state index contributed by atoms with van der Waals surface area (Å²) in [6, 6.07) is 2.33. The maximum Gasteiger partial charge on any atom is 0.150 e. The van der Waals surface area contributed by atoms with E-state index in [2.05, 4.69) is 15.9 Å². The predicted octanol–water partition coefficient (Wildman–Crippen LogP) is 2.03. The molecule has 106 valence electrons. The second-order valence-electron chi connectivity index (χ2n) is 4.70. The third kappa shape index (κ3) is 3.09. The predicted molar refractivity (Wildman–Crippen MR) is 74.3 cm³/mol. The molecule has 2 N–H and O–H groups in total. The maximum absolute atomic E-state index is 13.4. The first-order chi connectivity index (χ1) is 8.84. The molecule has 2 unspecified atom stereocenters. The zero-order valence-electron chi connectivity index (χ0n) is 10.4. The van der Waals surface area contributed by atoms with Crippen LogP contribution in [0.5, 0.6) is 5.75 Å². The molecule has 19 heavy (non-hydrogen) atoms. The van der Waals surface area contributed by atoms with Crippen LogP contribution >= 0.6 is 15.9 Å². The lowest BCUT2D eigenvalue weighted by molar-refractivity contribution is 0.389. The fraction of sp³-hybridized carbons (Fsp3) is 0.500. The molecule has 0 saturated carbocycles. The van der Waals surface area contributed by atoms with Crippen molar-refractivity contribution in [3.63, 3.8) is 0 Å². The van der Waals surface area contributed by atoms with E-state index in [1.54, 1.807) is 6.07 Å². The Morgan fingerprint density at radius 2 is 2.21 bits per heavy atom. The summed E-state index contributed by atoms with van der Waals surface area (Å²) in [5.41, 5.74) is 6.75. The molecule has 1 heterocycles. The van der Waals surface area contributed by atoms with Crippen molar-refractivity contribution in [1.82, 2.24) is 0 Å². The third-order valence-electron chi connectivity index (χ3n) is 3.41. The molecule has 0 spiro atoms. The second kappa shape index (κ2) is 5.38. The zero-order chi connectivity index (χ0) is 14.2. The number of hydrogen-bond acceptors (Lipinski definition) is 4. The van der Waals surface area contributed by atoms with Crippen LogP contribution in [-0.4, -0.2) is 27.0 Å². The van der Waals surface area contributed by atoms with Gasteiger partial charge in [-0.05, 0) is 34.3 Å². The number of hydrogen-bond donors (Lipinski definition) is 1. The van der Waals surface area contributed by atoms with Gasteiger partial charge in [0, 0.05) is 17.7 Å². The normalized spacial score (nSPS) is 23.3. The van der Waals surface area contributed by atoms with Crippen LogP contribution in [0.4, 0.5) is 4.39 Å². The van der Waals surface area contributed by atoms with Crippen LogP contribution in [0.1, 0.15) is 18.0 Å². The first kappa shape index (κ1) is 14.7. The summed E-state index contributed by atoms with van der Waals surface area (Å²) in [6.45, 7) is 0. The van der Waals surface area contributed by atoms with Crippen LogP contribution in [0.25, 0.3) is 0 Å². The standard InChI is InChI=1S/C12H15BrFNO3S/c1-18-11-5-10(14)9(13)4-8(11)12(15)7-2-3-19(16,17)6-7/h4-5,7,12H,2-3,6,15H2,1H3. The number of rotatable bonds is 3. The van der Waals surface area contributed by atoms with Crippen LogP contribution in [0.15, 0.2) is 16.6 Å². The Morgan fingerprint density at radius 3 is 2.74 bits per heavy atom. The minimum Gasteiger partial charge on any atom is -0.496 e. The van der Waals surface area contributed by atoms with Gasteiger partial charge in [-0.1, -0.05) is 0 Å². The first-order valence-electron chi connectivity index (χ1n) is 5.83. The number of methoxy groups -OCH3 is 1. The topological polar surface area (TPSA) is 69.4 Å². The van der Waals surface area contributed by atoms with Gasteiger partial charge in [-0.2, -0.15) is 0 Å². The van der Waals surface area contributed by atoms with E-state index in [-0.39, 0.29) is 17.4 Å². The Kier molecular flexibility index (Phi) is 4.17. The smallest absolute Gasteiger partial charge is 0.150 e.